The summed E-state index contributed by atoms with van der Waals surface area (Å²) in [5.41, 5.74) is 2.25. The number of carbonyl (C=O) groups is 2. The van der Waals surface area contributed by atoms with Crippen LogP contribution >= 0.6 is 0 Å². The van der Waals surface area contributed by atoms with Gasteiger partial charge in [0.2, 0.25) is 11.8 Å². The van der Waals surface area contributed by atoms with E-state index in [-0.39, 0.29) is 37.3 Å². The highest BCUT2D eigenvalue weighted by atomic mass is 19.1. The monoisotopic (exact) mass is 343 g/mol. The van der Waals surface area contributed by atoms with Crippen molar-refractivity contribution in [3.63, 3.8) is 0 Å². The molecule has 25 heavy (non-hydrogen) atoms. The van der Waals surface area contributed by atoms with E-state index >= 15 is 0 Å². The lowest BCUT2D eigenvalue weighted by Crippen LogP contribution is -2.38. The minimum atomic E-state index is -0.353. The highest BCUT2D eigenvalue weighted by molar-refractivity contribution is 5.92. The summed E-state index contributed by atoms with van der Waals surface area (Å²) in [5.74, 6) is -0.823. The van der Waals surface area contributed by atoms with Crippen molar-refractivity contribution in [2.24, 2.45) is 0 Å². The van der Waals surface area contributed by atoms with Crippen molar-refractivity contribution >= 4 is 17.5 Å². The summed E-state index contributed by atoms with van der Waals surface area (Å²) in [6.07, 6.45) is 0. The fraction of sp³-hybridized carbons (Fsp3) is 0.263. The quantitative estimate of drug-likeness (QED) is 0.811. The maximum absolute atomic E-state index is 13.5. The van der Waals surface area contributed by atoms with Gasteiger partial charge in [0.15, 0.2) is 0 Å². The number of amides is 2. The molecule has 0 spiro atoms. The summed E-state index contributed by atoms with van der Waals surface area (Å²) in [6.45, 7) is 2.23. The second-order valence-corrected chi connectivity index (χ2v) is 5.95. The van der Waals surface area contributed by atoms with E-state index in [0.29, 0.717) is 11.3 Å². The Morgan fingerprint density at radius 3 is 2.32 bits per heavy atom. The van der Waals surface area contributed by atoms with Gasteiger partial charge < -0.3 is 10.6 Å². The van der Waals surface area contributed by atoms with Crippen LogP contribution in [0.4, 0.5) is 10.1 Å². The van der Waals surface area contributed by atoms with Gasteiger partial charge in [0.25, 0.3) is 0 Å². The largest absolute Gasteiger partial charge is 0.351 e. The fourth-order valence-corrected chi connectivity index (χ4v) is 2.28. The molecule has 0 atom stereocenters. The third-order valence-electron chi connectivity index (χ3n) is 3.60. The molecule has 2 rings (SSSR count). The van der Waals surface area contributed by atoms with Gasteiger partial charge in [-0.3, -0.25) is 14.5 Å². The van der Waals surface area contributed by atoms with Gasteiger partial charge in [-0.05, 0) is 32.2 Å². The first kappa shape index (κ1) is 18.6. The van der Waals surface area contributed by atoms with Gasteiger partial charge in [-0.1, -0.05) is 35.9 Å². The molecule has 0 aliphatic rings. The van der Waals surface area contributed by atoms with Crippen LogP contribution in [-0.4, -0.2) is 36.9 Å². The molecule has 0 saturated carbocycles. The van der Waals surface area contributed by atoms with E-state index in [1.54, 1.807) is 30.1 Å². The lowest BCUT2D eigenvalue weighted by Gasteiger charge is -2.16. The van der Waals surface area contributed by atoms with Gasteiger partial charge in [0, 0.05) is 17.8 Å². The highest BCUT2D eigenvalue weighted by Crippen LogP contribution is 2.08. The molecule has 6 heteroatoms. The van der Waals surface area contributed by atoms with Crippen molar-refractivity contribution in [1.82, 2.24) is 10.2 Å². The van der Waals surface area contributed by atoms with Crippen LogP contribution in [0.2, 0.25) is 0 Å². The lowest BCUT2D eigenvalue weighted by molar-refractivity contribution is -0.123. The Labute approximate surface area is 146 Å². The predicted molar refractivity (Wildman–Crippen MR) is 95.6 cm³/mol. The van der Waals surface area contributed by atoms with E-state index in [4.69, 9.17) is 0 Å². The Hall–Kier alpha value is -2.73. The van der Waals surface area contributed by atoms with Gasteiger partial charge in [-0.15, -0.1) is 0 Å². The Balaban J connectivity index is 1.74. The number of benzene rings is 2. The first-order valence-corrected chi connectivity index (χ1v) is 7.99. The third kappa shape index (κ3) is 6.35. The molecule has 0 unspecified atom stereocenters. The Morgan fingerprint density at radius 1 is 1.00 bits per heavy atom. The van der Waals surface area contributed by atoms with E-state index in [1.807, 2.05) is 31.2 Å². The summed E-state index contributed by atoms with van der Waals surface area (Å²) >= 11 is 0. The Bertz CT molecular complexity index is 732. The summed E-state index contributed by atoms with van der Waals surface area (Å²) in [4.78, 5) is 25.5. The summed E-state index contributed by atoms with van der Waals surface area (Å²) in [5, 5.41) is 5.42. The van der Waals surface area contributed by atoms with Gasteiger partial charge >= 0.3 is 0 Å². The summed E-state index contributed by atoms with van der Waals surface area (Å²) < 4.78 is 13.5. The lowest BCUT2D eigenvalue weighted by atomic mass is 10.2. The number of nitrogens with zero attached hydrogens (tertiary/aromatic N) is 1. The molecule has 0 aromatic heterocycles. The molecular formula is C19H22FN3O2. The molecule has 2 amide bonds. The zero-order valence-electron chi connectivity index (χ0n) is 14.4. The number of aryl methyl sites for hydroxylation is 1. The molecule has 0 aliphatic heterocycles. The number of carbonyl (C=O) groups excluding carboxylic acids is 2. The molecule has 0 saturated heterocycles. The number of nitrogens with one attached hydrogen (secondary N) is 2. The van der Waals surface area contributed by atoms with E-state index in [9.17, 15) is 14.0 Å². The average Bonchev–Trinajstić information content (AvgIpc) is 2.56. The molecule has 132 valence electrons. The van der Waals surface area contributed by atoms with Crippen LogP contribution in [0.15, 0.2) is 48.5 Å². The molecule has 0 bridgehead atoms. The maximum Gasteiger partial charge on any atom is 0.238 e. The van der Waals surface area contributed by atoms with Crippen LogP contribution < -0.4 is 10.6 Å². The van der Waals surface area contributed by atoms with Crippen LogP contribution in [0.5, 0.6) is 0 Å². The van der Waals surface area contributed by atoms with Crippen molar-refractivity contribution in [2.75, 3.05) is 25.5 Å². The number of likely N-dealkylation sites (N-methyl/N-ethyl adjacent to an activating group) is 1. The van der Waals surface area contributed by atoms with Crippen molar-refractivity contribution in [3.05, 3.63) is 65.5 Å². The number of anilines is 1. The van der Waals surface area contributed by atoms with E-state index in [1.165, 1.54) is 6.07 Å². The smallest absolute Gasteiger partial charge is 0.238 e. The standard InChI is InChI=1S/C19H22FN3O2/c1-14-7-9-16(10-8-14)22-19(25)13-23(2)12-18(24)21-11-15-5-3-4-6-17(15)20/h3-10H,11-13H2,1-2H3,(H,21,24)(H,22,25). The zero-order chi connectivity index (χ0) is 18.2. The normalized spacial score (nSPS) is 10.6. The van der Waals surface area contributed by atoms with Gasteiger partial charge in [-0.2, -0.15) is 0 Å². The van der Waals surface area contributed by atoms with Crippen LogP contribution in [0.1, 0.15) is 11.1 Å². The van der Waals surface area contributed by atoms with Crippen molar-refractivity contribution in [3.8, 4) is 0 Å². The number of hydrogen-bond donors (Lipinski definition) is 2. The third-order valence-corrected chi connectivity index (χ3v) is 3.60. The highest BCUT2D eigenvalue weighted by Gasteiger charge is 2.11. The van der Waals surface area contributed by atoms with Crippen molar-refractivity contribution < 1.29 is 14.0 Å². The molecule has 2 aromatic carbocycles. The molecule has 2 aromatic rings. The second kappa shape index (κ2) is 8.94. The van der Waals surface area contributed by atoms with Gasteiger partial charge in [0.05, 0.1) is 13.1 Å². The Kier molecular flexibility index (Phi) is 6.65. The van der Waals surface area contributed by atoms with Crippen molar-refractivity contribution in [1.29, 1.82) is 0 Å². The predicted octanol–water partition coefficient (Wildman–Crippen LogP) is 2.32. The van der Waals surface area contributed by atoms with E-state index in [0.717, 1.165) is 5.56 Å². The first-order valence-electron chi connectivity index (χ1n) is 7.99. The first-order chi connectivity index (χ1) is 11.9. The second-order valence-electron chi connectivity index (χ2n) is 5.95. The molecule has 5 nitrogen and oxygen atoms in total. The SMILES string of the molecule is Cc1ccc(NC(=O)CN(C)CC(=O)NCc2ccccc2F)cc1. The molecule has 0 radical (unpaired) electrons. The van der Waals surface area contributed by atoms with Gasteiger partial charge in [-0.25, -0.2) is 4.39 Å². The Morgan fingerprint density at radius 2 is 1.64 bits per heavy atom. The molecule has 0 heterocycles. The number of hydrogen-bond acceptors (Lipinski definition) is 3. The molecule has 0 aliphatic carbocycles. The number of rotatable bonds is 7. The molecule has 2 N–H and O–H groups in total. The molecular weight excluding hydrogens is 321 g/mol. The van der Waals surface area contributed by atoms with Gasteiger partial charge in [0.1, 0.15) is 5.82 Å². The fourth-order valence-electron chi connectivity index (χ4n) is 2.28. The summed E-state index contributed by atoms with van der Waals surface area (Å²) in [6, 6.07) is 13.8. The minimum absolute atomic E-state index is 0.0514. The maximum atomic E-state index is 13.5. The zero-order valence-corrected chi connectivity index (χ0v) is 14.4. The topological polar surface area (TPSA) is 61.4 Å². The van der Waals surface area contributed by atoms with Crippen molar-refractivity contribution in [2.45, 2.75) is 13.5 Å². The minimum Gasteiger partial charge on any atom is -0.351 e. The van der Waals surface area contributed by atoms with Crippen LogP contribution in [-0.2, 0) is 16.1 Å². The average molecular weight is 343 g/mol. The van der Waals surface area contributed by atoms with E-state index < -0.39 is 0 Å². The molecule has 0 fully saturated rings. The van der Waals surface area contributed by atoms with E-state index in [2.05, 4.69) is 10.6 Å². The number of halogens is 1. The van der Waals surface area contributed by atoms with Crippen LogP contribution in [0, 0.1) is 12.7 Å². The van der Waals surface area contributed by atoms with Crippen LogP contribution in [0.3, 0.4) is 0 Å². The summed E-state index contributed by atoms with van der Waals surface area (Å²) in [7, 11) is 1.68. The van der Waals surface area contributed by atoms with Crippen LogP contribution in [0.25, 0.3) is 0 Å².